The van der Waals surface area contributed by atoms with E-state index in [1.165, 1.54) is 5.56 Å². The monoisotopic (exact) mass is 287 g/mol. The van der Waals surface area contributed by atoms with Crippen LogP contribution in [0.25, 0.3) is 0 Å². The molecule has 1 unspecified atom stereocenters. The van der Waals surface area contributed by atoms with Crippen LogP contribution in [0.15, 0.2) is 47.9 Å². The third-order valence-electron chi connectivity index (χ3n) is 3.37. The van der Waals surface area contributed by atoms with Crippen LogP contribution in [0.3, 0.4) is 0 Å². The molecule has 0 aliphatic rings. The number of aryl methyl sites for hydroxylation is 1. The summed E-state index contributed by atoms with van der Waals surface area (Å²) in [6, 6.07) is 9.80. The molecule has 1 aromatic heterocycles. The Balaban J connectivity index is 1.88. The Bertz CT molecular complexity index is 579. The number of aromatic nitrogens is 2. The molecule has 0 fully saturated rings. The molecule has 6 heteroatoms. The molecular weight excluding hydrogens is 266 g/mol. The highest BCUT2D eigenvalue weighted by Gasteiger charge is 2.15. The number of benzene rings is 1. The summed E-state index contributed by atoms with van der Waals surface area (Å²) in [5.41, 5.74) is 8.01. The van der Waals surface area contributed by atoms with Crippen molar-refractivity contribution in [3.8, 4) is 0 Å². The van der Waals surface area contributed by atoms with Gasteiger partial charge in [-0.2, -0.15) is 5.10 Å². The molecule has 0 aliphatic carbocycles. The van der Waals surface area contributed by atoms with E-state index >= 15 is 0 Å². The molecule has 21 heavy (non-hydrogen) atoms. The maximum Gasteiger partial charge on any atom is 0.147 e. The van der Waals surface area contributed by atoms with Gasteiger partial charge in [0, 0.05) is 19.8 Å². The summed E-state index contributed by atoms with van der Waals surface area (Å²) in [6.07, 6.45) is 4.76. The summed E-state index contributed by atoms with van der Waals surface area (Å²) in [5, 5.41) is 19.6. The van der Waals surface area contributed by atoms with Crippen molar-refractivity contribution < 1.29 is 5.21 Å². The minimum atomic E-state index is -0.134. The molecule has 1 heterocycles. The second-order valence-corrected chi connectivity index (χ2v) is 4.96. The van der Waals surface area contributed by atoms with E-state index in [1.54, 1.807) is 4.68 Å². The van der Waals surface area contributed by atoms with Gasteiger partial charge in [-0.25, -0.2) is 0 Å². The number of nitrogens with zero attached hydrogens (tertiary/aromatic N) is 3. The first-order chi connectivity index (χ1) is 10.2. The maximum atomic E-state index is 8.93. The van der Waals surface area contributed by atoms with Gasteiger partial charge in [0.1, 0.15) is 5.84 Å². The van der Waals surface area contributed by atoms with Gasteiger partial charge >= 0.3 is 0 Å². The Morgan fingerprint density at radius 2 is 2.19 bits per heavy atom. The summed E-state index contributed by atoms with van der Waals surface area (Å²) in [7, 11) is 1.90. The average Bonchev–Trinajstić information content (AvgIpc) is 2.93. The molecule has 0 saturated heterocycles. The van der Waals surface area contributed by atoms with Crippen molar-refractivity contribution in [1.29, 1.82) is 0 Å². The molecule has 0 amide bonds. The first-order valence-corrected chi connectivity index (χ1v) is 6.91. The van der Waals surface area contributed by atoms with E-state index in [4.69, 9.17) is 10.9 Å². The van der Waals surface area contributed by atoms with Gasteiger partial charge in [0.15, 0.2) is 0 Å². The van der Waals surface area contributed by atoms with E-state index in [-0.39, 0.29) is 11.8 Å². The minimum absolute atomic E-state index is 0.134. The van der Waals surface area contributed by atoms with Crippen molar-refractivity contribution in [3.05, 3.63) is 53.9 Å². The van der Waals surface area contributed by atoms with E-state index in [0.717, 1.165) is 18.5 Å². The Morgan fingerprint density at radius 1 is 1.43 bits per heavy atom. The number of amidine groups is 1. The smallest absolute Gasteiger partial charge is 0.147 e. The number of oxime groups is 1. The highest BCUT2D eigenvalue weighted by Crippen LogP contribution is 2.14. The fraction of sp³-hybridized carbons (Fsp3) is 0.333. The summed E-state index contributed by atoms with van der Waals surface area (Å²) in [6.45, 7) is 1.44. The van der Waals surface area contributed by atoms with E-state index < -0.39 is 0 Å². The number of nitrogens with one attached hydrogen (secondary N) is 1. The van der Waals surface area contributed by atoms with Crippen molar-refractivity contribution in [3.63, 3.8) is 0 Å². The van der Waals surface area contributed by atoms with Gasteiger partial charge in [0.25, 0.3) is 0 Å². The molecular formula is C15H21N5O. The van der Waals surface area contributed by atoms with Crippen molar-refractivity contribution in [2.24, 2.45) is 17.9 Å². The van der Waals surface area contributed by atoms with Crippen LogP contribution in [0.2, 0.25) is 0 Å². The molecule has 0 radical (unpaired) electrons. The Labute approximate surface area is 124 Å². The second kappa shape index (κ2) is 7.44. The van der Waals surface area contributed by atoms with E-state index in [9.17, 15) is 0 Å². The Morgan fingerprint density at radius 3 is 2.81 bits per heavy atom. The molecule has 0 aliphatic heterocycles. The molecule has 0 saturated carbocycles. The normalized spacial score (nSPS) is 13.3. The lowest BCUT2D eigenvalue weighted by atomic mass is 9.98. The van der Waals surface area contributed by atoms with E-state index in [2.05, 4.69) is 15.6 Å². The largest absolute Gasteiger partial charge is 0.409 e. The SMILES string of the molecule is Cn1cc(CCNCC(/C(N)=N/O)c2ccccc2)cn1. The Kier molecular flexibility index (Phi) is 5.34. The lowest BCUT2D eigenvalue weighted by molar-refractivity contribution is 0.315. The number of rotatable bonds is 7. The number of hydrogen-bond acceptors (Lipinski definition) is 4. The first kappa shape index (κ1) is 15.1. The van der Waals surface area contributed by atoms with Crippen LogP contribution >= 0.6 is 0 Å². The molecule has 1 aromatic carbocycles. The first-order valence-electron chi connectivity index (χ1n) is 6.91. The summed E-state index contributed by atoms with van der Waals surface area (Å²) >= 11 is 0. The quantitative estimate of drug-likeness (QED) is 0.234. The van der Waals surface area contributed by atoms with Crippen LogP contribution in [-0.2, 0) is 13.5 Å². The molecule has 2 rings (SSSR count). The van der Waals surface area contributed by atoms with E-state index in [0.29, 0.717) is 6.54 Å². The summed E-state index contributed by atoms with van der Waals surface area (Å²) in [4.78, 5) is 0. The van der Waals surface area contributed by atoms with Crippen molar-refractivity contribution in [1.82, 2.24) is 15.1 Å². The zero-order valence-corrected chi connectivity index (χ0v) is 12.1. The second-order valence-electron chi connectivity index (χ2n) is 4.96. The van der Waals surface area contributed by atoms with Gasteiger partial charge in [-0.05, 0) is 24.1 Å². The Hall–Kier alpha value is -2.34. The molecule has 2 aromatic rings. The minimum Gasteiger partial charge on any atom is -0.409 e. The van der Waals surface area contributed by atoms with Crippen LogP contribution in [0.4, 0.5) is 0 Å². The topological polar surface area (TPSA) is 88.5 Å². The standard InChI is InChI=1S/C15H21N5O/c1-20-11-12(9-18-20)7-8-17-10-14(15(16)19-21)13-5-3-2-4-6-13/h2-6,9,11,14,17,21H,7-8,10H2,1H3,(H2,16,19). The predicted molar refractivity (Wildman–Crippen MR) is 82.4 cm³/mol. The molecule has 0 spiro atoms. The van der Waals surface area contributed by atoms with Crippen molar-refractivity contribution in [2.45, 2.75) is 12.3 Å². The molecule has 1 atom stereocenters. The van der Waals surface area contributed by atoms with Crippen LogP contribution < -0.4 is 11.1 Å². The number of hydrogen-bond donors (Lipinski definition) is 3. The zero-order chi connectivity index (χ0) is 15.1. The van der Waals surface area contributed by atoms with Crippen LogP contribution in [0.1, 0.15) is 17.0 Å². The summed E-state index contributed by atoms with van der Waals surface area (Å²) < 4.78 is 1.79. The van der Waals surface area contributed by atoms with Gasteiger partial charge in [-0.3, -0.25) is 4.68 Å². The fourth-order valence-corrected chi connectivity index (χ4v) is 2.23. The molecule has 0 bridgehead atoms. The van der Waals surface area contributed by atoms with Crippen molar-refractivity contribution in [2.75, 3.05) is 13.1 Å². The van der Waals surface area contributed by atoms with E-state index in [1.807, 2.05) is 49.8 Å². The lowest BCUT2D eigenvalue weighted by Gasteiger charge is -2.16. The highest BCUT2D eigenvalue weighted by molar-refractivity contribution is 5.87. The zero-order valence-electron chi connectivity index (χ0n) is 12.1. The van der Waals surface area contributed by atoms with Gasteiger partial charge in [0.05, 0.1) is 12.1 Å². The maximum absolute atomic E-state index is 8.93. The van der Waals surface area contributed by atoms with Crippen molar-refractivity contribution >= 4 is 5.84 Å². The fourth-order valence-electron chi connectivity index (χ4n) is 2.23. The van der Waals surface area contributed by atoms with Gasteiger partial charge in [0.2, 0.25) is 0 Å². The average molecular weight is 287 g/mol. The van der Waals surface area contributed by atoms with Gasteiger partial charge in [-0.15, -0.1) is 0 Å². The molecule has 112 valence electrons. The van der Waals surface area contributed by atoms with Crippen LogP contribution in [0, 0.1) is 0 Å². The predicted octanol–water partition coefficient (Wildman–Crippen LogP) is 1.08. The van der Waals surface area contributed by atoms with Gasteiger partial charge < -0.3 is 16.3 Å². The molecule has 4 N–H and O–H groups in total. The number of nitrogens with two attached hydrogens (primary N) is 1. The lowest BCUT2D eigenvalue weighted by Crippen LogP contribution is -2.32. The third kappa shape index (κ3) is 4.32. The van der Waals surface area contributed by atoms with Crippen LogP contribution in [0.5, 0.6) is 0 Å². The summed E-state index contributed by atoms with van der Waals surface area (Å²) in [5.74, 6) is 0.0835. The van der Waals surface area contributed by atoms with Gasteiger partial charge in [-0.1, -0.05) is 35.5 Å². The third-order valence-corrected chi connectivity index (χ3v) is 3.37. The van der Waals surface area contributed by atoms with Crippen LogP contribution in [-0.4, -0.2) is 33.9 Å². The highest BCUT2D eigenvalue weighted by atomic mass is 16.4. The molecule has 6 nitrogen and oxygen atoms in total.